The van der Waals surface area contributed by atoms with Gasteiger partial charge in [0.05, 0.1) is 0 Å². The summed E-state index contributed by atoms with van der Waals surface area (Å²) in [5, 5.41) is 0. The number of carbonyl (C=O) groups is 2. The lowest BCUT2D eigenvalue weighted by atomic mass is 9.65. The molecule has 4 aliphatic rings. The van der Waals surface area contributed by atoms with E-state index in [4.69, 9.17) is 18.9 Å². The van der Waals surface area contributed by atoms with Crippen molar-refractivity contribution >= 4 is 11.9 Å². The molecule has 0 saturated heterocycles. The first kappa shape index (κ1) is 25.3. The summed E-state index contributed by atoms with van der Waals surface area (Å²) in [5.41, 5.74) is 1.41. The second-order valence-corrected chi connectivity index (χ2v) is 10.4. The highest BCUT2D eigenvalue weighted by Gasteiger charge is 2.57. The third kappa shape index (κ3) is 5.57. The molecule has 0 N–H and O–H groups in total. The molecule has 4 aliphatic carbocycles. The van der Waals surface area contributed by atoms with Crippen LogP contribution in [0.3, 0.4) is 0 Å². The van der Waals surface area contributed by atoms with Crippen LogP contribution in [0.4, 0.5) is 0 Å². The summed E-state index contributed by atoms with van der Waals surface area (Å²) in [5.74, 6) is 3.05. The second kappa shape index (κ2) is 10.9. The van der Waals surface area contributed by atoms with E-state index in [0.29, 0.717) is 18.6 Å². The predicted octanol–water partition coefficient (Wildman–Crippen LogP) is 5.54. The Hall–Kier alpha value is -2.76. The molecule has 6 nitrogen and oxygen atoms in total. The molecule has 4 bridgehead atoms. The van der Waals surface area contributed by atoms with Gasteiger partial charge in [0.2, 0.25) is 0 Å². The molecule has 0 aromatic heterocycles. The number of carbonyl (C=O) groups excluding carboxylic acids is 2. The van der Waals surface area contributed by atoms with Crippen LogP contribution < -0.4 is 9.47 Å². The van der Waals surface area contributed by atoms with E-state index in [9.17, 15) is 9.59 Å². The molecule has 6 heteroatoms. The van der Waals surface area contributed by atoms with Crippen molar-refractivity contribution in [3.63, 3.8) is 0 Å². The number of rotatable bonds is 13. The van der Waals surface area contributed by atoms with Gasteiger partial charge in [0.25, 0.3) is 0 Å². The first-order chi connectivity index (χ1) is 16.9. The van der Waals surface area contributed by atoms with Gasteiger partial charge in [-0.05, 0) is 74.2 Å². The van der Waals surface area contributed by atoms with Gasteiger partial charge in [-0.3, -0.25) is 0 Å². The van der Waals surface area contributed by atoms with Crippen LogP contribution in [0.15, 0.2) is 43.5 Å². The van der Waals surface area contributed by atoms with Crippen molar-refractivity contribution in [1.82, 2.24) is 0 Å². The Bertz CT molecular complexity index is 933. The third-order valence-corrected chi connectivity index (χ3v) is 8.12. The maximum Gasteiger partial charge on any atom is 0.330 e. The van der Waals surface area contributed by atoms with Crippen molar-refractivity contribution in [2.45, 2.75) is 76.4 Å². The molecule has 1 aromatic carbocycles. The fourth-order valence-electron chi connectivity index (χ4n) is 6.56. The molecule has 4 saturated carbocycles. The zero-order valence-electron chi connectivity index (χ0n) is 21.0. The van der Waals surface area contributed by atoms with Crippen molar-refractivity contribution in [1.29, 1.82) is 0 Å². The molecular formula is C29H38O6. The van der Waals surface area contributed by atoms with E-state index in [-0.39, 0.29) is 30.8 Å². The van der Waals surface area contributed by atoms with Crippen molar-refractivity contribution in [2.24, 2.45) is 17.8 Å². The lowest BCUT2D eigenvalue weighted by Crippen LogP contribution is -2.32. The standard InChI is InChI=1S/C29H38O6/c1-5-22(34-27(30)7-3)17-32-24-9-10-25(29-14-19-11-20(15-29)21(12-19)16-29)26(13-24)33-18-23(6-2)35-28(31)8-4/h7-10,13,19-23H,3-6,11-12,14-18H2,1-2H3. The van der Waals surface area contributed by atoms with Gasteiger partial charge in [-0.25, -0.2) is 9.59 Å². The van der Waals surface area contributed by atoms with E-state index >= 15 is 0 Å². The molecule has 5 rings (SSSR count). The maximum atomic E-state index is 11.7. The van der Waals surface area contributed by atoms with Gasteiger partial charge >= 0.3 is 11.9 Å². The second-order valence-electron chi connectivity index (χ2n) is 10.4. The van der Waals surface area contributed by atoms with E-state index in [1.54, 1.807) is 0 Å². The first-order valence-electron chi connectivity index (χ1n) is 13.0. The number of hydrogen-bond donors (Lipinski definition) is 0. The molecule has 1 aromatic rings. The lowest BCUT2D eigenvalue weighted by Gasteiger charge is -2.40. The number of hydrogen-bond acceptors (Lipinski definition) is 6. The number of benzene rings is 1. The average Bonchev–Trinajstić information content (AvgIpc) is 3.29. The molecule has 0 radical (unpaired) electrons. The van der Waals surface area contributed by atoms with E-state index in [0.717, 1.165) is 29.6 Å². The average molecular weight is 483 g/mol. The minimum Gasteiger partial charge on any atom is -0.490 e. The first-order valence-corrected chi connectivity index (χ1v) is 13.0. The minimum atomic E-state index is -0.453. The summed E-state index contributed by atoms with van der Waals surface area (Å²) < 4.78 is 23.2. The fourth-order valence-corrected chi connectivity index (χ4v) is 6.56. The quantitative estimate of drug-likeness (QED) is 0.272. The largest absolute Gasteiger partial charge is 0.490 e. The monoisotopic (exact) mass is 482 g/mol. The highest BCUT2D eigenvalue weighted by molar-refractivity contribution is 5.81. The Morgan fingerprint density at radius 1 is 0.943 bits per heavy atom. The van der Waals surface area contributed by atoms with E-state index in [1.807, 2.05) is 26.0 Å². The van der Waals surface area contributed by atoms with Crippen LogP contribution in [-0.2, 0) is 24.5 Å². The summed E-state index contributed by atoms with van der Waals surface area (Å²) in [6.45, 7) is 11.4. The highest BCUT2D eigenvalue weighted by atomic mass is 16.6. The smallest absolute Gasteiger partial charge is 0.330 e. The van der Waals surface area contributed by atoms with Gasteiger partial charge in [-0.1, -0.05) is 33.1 Å². The Labute approximate surface area is 208 Å². The van der Waals surface area contributed by atoms with Gasteiger partial charge in [0, 0.05) is 23.8 Å². The zero-order valence-corrected chi connectivity index (χ0v) is 21.0. The zero-order chi connectivity index (χ0) is 25.0. The molecule has 35 heavy (non-hydrogen) atoms. The Kier molecular flexibility index (Phi) is 7.88. The predicted molar refractivity (Wildman–Crippen MR) is 133 cm³/mol. The van der Waals surface area contributed by atoms with E-state index in [2.05, 4.69) is 19.2 Å². The van der Waals surface area contributed by atoms with Gasteiger partial charge in [0.15, 0.2) is 0 Å². The summed E-state index contributed by atoms with van der Waals surface area (Å²) in [6.07, 6.45) is 9.34. The molecule has 0 aliphatic heterocycles. The molecule has 0 heterocycles. The molecule has 4 unspecified atom stereocenters. The summed E-state index contributed by atoms with van der Waals surface area (Å²) >= 11 is 0. The van der Waals surface area contributed by atoms with Crippen molar-refractivity contribution < 1.29 is 28.5 Å². The number of ether oxygens (including phenoxy) is 4. The molecule has 190 valence electrons. The van der Waals surface area contributed by atoms with Crippen molar-refractivity contribution in [3.8, 4) is 11.5 Å². The van der Waals surface area contributed by atoms with E-state index in [1.165, 1.54) is 43.7 Å². The number of esters is 2. The van der Waals surface area contributed by atoms with Crippen LogP contribution in [0.1, 0.15) is 64.4 Å². The Morgan fingerprint density at radius 3 is 2.03 bits per heavy atom. The van der Waals surface area contributed by atoms with Crippen molar-refractivity contribution in [3.05, 3.63) is 49.1 Å². The van der Waals surface area contributed by atoms with Gasteiger partial charge in [0.1, 0.15) is 36.9 Å². The highest BCUT2D eigenvalue weighted by Crippen LogP contribution is 2.65. The SMILES string of the molecule is C=CC(=O)OC(CC)COc1ccc(C23CC4CC(C2)C(C4)C3)c(OCC(CC)OC(=O)C=C)c1. The van der Waals surface area contributed by atoms with Crippen LogP contribution in [-0.4, -0.2) is 37.4 Å². The molecule has 0 spiro atoms. The maximum absolute atomic E-state index is 11.7. The Balaban J connectivity index is 1.53. The van der Waals surface area contributed by atoms with Crippen LogP contribution in [0.25, 0.3) is 0 Å². The van der Waals surface area contributed by atoms with Gasteiger partial charge in [-0.2, -0.15) is 0 Å². The summed E-state index contributed by atoms with van der Waals surface area (Å²) in [7, 11) is 0. The molecule has 4 atom stereocenters. The van der Waals surface area contributed by atoms with Crippen LogP contribution in [0.5, 0.6) is 11.5 Å². The normalized spacial score (nSPS) is 27.7. The van der Waals surface area contributed by atoms with Gasteiger partial charge in [-0.15, -0.1) is 0 Å². The minimum absolute atomic E-state index is 0.162. The van der Waals surface area contributed by atoms with Crippen LogP contribution in [0.2, 0.25) is 0 Å². The summed E-state index contributed by atoms with van der Waals surface area (Å²) in [6, 6.07) is 6.11. The van der Waals surface area contributed by atoms with Crippen LogP contribution in [0, 0.1) is 17.8 Å². The fraction of sp³-hybridized carbons (Fsp3) is 0.586. The van der Waals surface area contributed by atoms with Crippen molar-refractivity contribution in [2.75, 3.05) is 13.2 Å². The molecule has 4 fully saturated rings. The van der Waals surface area contributed by atoms with Crippen LogP contribution >= 0.6 is 0 Å². The molecule has 0 amide bonds. The lowest BCUT2D eigenvalue weighted by molar-refractivity contribution is -0.145. The van der Waals surface area contributed by atoms with Gasteiger partial charge < -0.3 is 18.9 Å². The summed E-state index contributed by atoms with van der Waals surface area (Å²) in [4.78, 5) is 23.3. The Morgan fingerprint density at radius 2 is 1.51 bits per heavy atom. The third-order valence-electron chi connectivity index (χ3n) is 8.12. The van der Waals surface area contributed by atoms with E-state index < -0.39 is 11.9 Å². The topological polar surface area (TPSA) is 71.1 Å². The molecular weight excluding hydrogens is 444 g/mol.